The van der Waals surface area contributed by atoms with E-state index in [4.69, 9.17) is 4.74 Å². The molecule has 2 rings (SSSR count). The molecule has 1 atom stereocenters. The number of carbonyl (C=O) groups excluding carboxylic acids is 1. The smallest absolute Gasteiger partial charge is 0.166 e. The summed E-state index contributed by atoms with van der Waals surface area (Å²) in [5.41, 5.74) is 2.13. The maximum Gasteiger partial charge on any atom is 0.166 e. The summed E-state index contributed by atoms with van der Waals surface area (Å²) in [6.45, 7) is 4.74. The average molecular weight is 232 g/mol. The van der Waals surface area contributed by atoms with E-state index in [1.54, 1.807) is 0 Å². The molecular weight excluding hydrogens is 212 g/mol. The SMILES string of the molecule is CC(C)OCCC1CCc2ccccc2C1=O. The van der Waals surface area contributed by atoms with Gasteiger partial charge in [-0.15, -0.1) is 0 Å². The molecule has 0 spiro atoms. The van der Waals surface area contributed by atoms with Gasteiger partial charge in [-0.1, -0.05) is 24.3 Å². The minimum atomic E-state index is 0.156. The number of rotatable bonds is 4. The zero-order valence-electron chi connectivity index (χ0n) is 10.6. The van der Waals surface area contributed by atoms with E-state index in [2.05, 4.69) is 6.07 Å². The highest BCUT2D eigenvalue weighted by molar-refractivity contribution is 6.00. The van der Waals surface area contributed by atoms with E-state index in [9.17, 15) is 4.79 Å². The second kappa shape index (κ2) is 5.46. The van der Waals surface area contributed by atoms with E-state index in [0.29, 0.717) is 12.4 Å². The average Bonchev–Trinajstić information content (AvgIpc) is 2.32. The number of fused-ring (bicyclic) bond motifs is 1. The van der Waals surface area contributed by atoms with Crippen molar-refractivity contribution >= 4 is 5.78 Å². The van der Waals surface area contributed by atoms with Crippen molar-refractivity contribution in [3.05, 3.63) is 35.4 Å². The molecule has 1 aliphatic carbocycles. The largest absolute Gasteiger partial charge is 0.379 e. The Morgan fingerprint density at radius 3 is 2.88 bits per heavy atom. The molecule has 0 radical (unpaired) electrons. The second-order valence-corrected chi connectivity index (χ2v) is 4.97. The van der Waals surface area contributed by atoms with Crippen LogP contribution in [0.3, 0.4) is 0 Å². The monoisotopic (exact) mass is 232 g/mol. The summed E-state index contributed by atoms with van der Waals surface area (Å²) in [6.07, 6.45) is 3.10. The molecule has 1 aromatic rings. The molecule has 0 bridgehead atoms. The molecular formula is C15H20O2. The Morgan fingerprint density at radius 1 is 1.35 bits per heavy atom. The maximum absolute atomic E-state index is 12.2. The number of carbonyl (C=O) groups is 1. The molecule has 2 heteroatoms. The van der Waals surface area contributed by atoms with Crippen molar-refractivity contribution in [3.63, 3.8) is 0 Å². The first kappa shape index (κ1) is 12.3. The Kier molecular flexibility index (Phi) is 3.95. The summed E-state index contributed by atoms with van der Waals surface area (Å²) < 4.78 is 5.53. The van der Waals surface area contributed by atoms with Crippen molar-refractivity contribution in [1.82, 2.24) is 0 Å². The number of benzene rings is 1. The van der Waals surface area contributed by atoms with E-state index >= 15 is 0 Å². The van der Waals surface area contributed by atoms with Gasteiger partial charge in [0.2, 0.25) is 0 Å². The molecule has 0 saturated heterocycles. The molecule has 2 nitrogen and oxygen atoms in total. The van der Waals surface area contributed by atoms with E-state index in [1.165, 1.54) is 5.56 Å². The van der Waals surface area contributed by atoms with Crippen molar-refractivity contribution in [2.45, 2.75) is 39.2 Å². The standard InChI is InChI=1S/C15H20O2/c1-11(2)17-10-9-13-8-7-12-5-3-4-6-14(12)15(13)16/h3-6,11,13H,7-10H2,1-2H3. The normalized spacial score (nSPS) is 19.5. The summed E-state index contributed by atoms with van der Waals surface area (Å²) in [6, 6.07) is 7.97. The molecule has 0 saturated carbocycles. The highest BCUT2D eigenvalue weighted by Crippen LogP contribution is 2.27. The third-order valence-electron chi connectivity index (χ3n) is 3.33. The van der Waals surface area contributed by atoms with E-state index in [-0.39, 0.29) is 12.0 Å². The summed E-state index contributed by atoms with van der Waals surface area (Å²) >= 11 is 0. The quantitative estimate of drug-likeness (QED) is 0.796. The lowest BCUT2D eigenvalue weighted by Crippen LogP contribution is -2.24. The Morgan fingerprint density at radius 2 is 2.12 bits per heavy atom. The molecule has 0 heterocycles. The number of hydrogen-bond acceptors (Lipinski definition) is 2. The van der Waals surface area contributed by atoms with Crippen LogP contribution in [-0.4, -0.2) is 18.5 Å². The van der Waals surface area contributed by atoms with Gasteiger partial charge >= 0.3 is 0 Å². The van der Waals surface area contributed by atoms with Crippen molar-refractivity contribution in [2.24, 2.45) is 5.92 Å². The third kappa shape index (κ3) is 2.95. The fourth-order valence-electron chi connectivity index (χ4n) is 2.38. The summed E-state index contributed by atoms with van der Waals surface area (Å²) in [5, 5.41) is 0. The fourth-order valence-corrected chi connectivity index (χ4v) is 2.38. The maximum atomic E-state index is 12.2. The highest BCUT2D eigenvalue weighted by Gasteiger charge is 2.26. The Hall–Kier alpha value is -1.15. The molecule has 1 unspecified atom stereocenters. The predicted octanol–water partition coefficient (Wildman–Crippen LogP) is 3.25. The van der Waals surface area contributed by atoms with E-state index < -0.39 is 0 Å². The lowest BCUT2D eigenvalue weighted by Gasteiger charge is -2.23. The number of Topliss-reactive ketones (excluding diaryl/α,β-unsaturated/α-hetero) is 1. The van der Waals surface area contributed by atoms with Gasteiger partial charge in [0.25, 0.3) is 0 Å². The van der Waals surface area contributed by atoms with Crippen LogP contribution < -0.4 is 0 Å². The molecule has 92 valence electrons. The molecule has 0 fully saturated rings. The van der Waals surface area contributed by atoms with Gasteiger partial charge in [-0.25, -0.2) is 0 Å². The lowest BCUT2D eigenvalue weighted by atomic mass is 9.81. The van der Waals surface area contributed by atoms with Gasteiger partial charge in [0.05, 0.1) is 6.10 Å². The first-order chi connectivity index (χ1) is 8.18. The van der Waals surface area contributed by atoms with Crippen LogP contribution in [0.15, 0.2) is 24.3 Å². The van der Waals surface area contributed by atoms with Gasteiger partial charge in [-0.05, 0) is 38.7 Å². The van der Waals surface area contributed by atoms with E-state index in [0.717, 1.165) is 24.8 Å². The summed E-state index contributed by atoms with van der Waals surface area (Å²) in [5.74, 6) is 0.461. The molecule has 0 N–H and O–H groups in total. The first-order valence-corrected chi connectivity index (χ1v) is 6.42. The van der Waals surface area contributed by atoms with Crippen LogP contribution in [0, 0.1) is 5.92 Å². The molecule has 0 aromatic heterocycles. The van der Waals surface area contributed by atoms with Crippen LogP contribution in [0.5, 0.6) is 0 Å². The van der Waals surface area contributed by atoms with Gasteiger partial charge in [0.1, 0.15) is 0 Å². The predicted molar refractivity (Wildman–Crippen MR) is 68.3 cm³/mol. The third-order valence-corrected chi connectivity index (χ3v) is 3.33. The summed E-state index contributed by atoms with van der Waals surface area (Å²) in [7, 11) is 0. The van der Waals surface area contributed by atoms with Gasteiger partial charge in [0.15, 0.2) is 5.78 Å². The van der Waals surface area contributed by atoms with Gasteiger partial charge < -0.3 is 4.74 Å². The Balaban J connectivity index is 1.98. The van der Waals surface area contributed by atoms with Crippen LogP contribution in [0.1, 0.15) is 42.6 Å². The van der Waals surface area contributed by atoms with Crippen LogP contribution in [0.4, 0.5) is 0 Å². The van der Waals surface area contributed by atoms with Crippen LogP contribution in [0.25, 0.3) is 0 Å². The topological polar surface area (TPSA) is 26.3 Å². The number of hydrogen-bond donors (Lipinski definition) is 0. The number of ketones is 1. The van der Waals surface area contributed by atoms with Gasteiger partial charge in [-0.2, -0.15) is 0 Å². The number of ether oxygens (including phenoxy) is 1. The van der Waals surface area contributed by atoms with Crippen molar-refractivity contribution in [1.29, 1.82) is 0 Å². The van der Waals surface area contributed by atoms with Crippen LogP contribution >= 0.6 is 0 Å². The Labute approximate surface area is 103 Å². The van der Waals surface area contributed by atoms with Crippen LogP contribution in [0.2, 0.25) is 0 Å². The highest BCUT2D eigenvalue weighted by atomic mass is 16.5. The zero-order chi connectivity index (χ0) is 12.3. The molecule has 0 aliphatic heterocycles. The minimum Gasteiger partial charge on any atom is -0.379 e. The van der Waals surface area contributed by atoms with E-state index in [1.807, 2.05) is 32.0 Å². The Bertz CT molecular complexity index is 396. The minimum absolute atomic E-state index is 0.156. The molecule has 0 amide bonds. The number of aryl methyl sites for hydroxylation is 1. The lowest BCUT2D eigenvalue weighted by molar-refractivity contribution is 0.0608. The van der Waals surface area contributed by atoms with Crippen molar-refractivity contribution < 1.29 is 9.53 Å². The molecule has 1 aliphatic rings. The van der Waals surface area contributed by atoms with Gasteiger partial charge in [0, 0.05) is 18.1 Å². The van der Waals surface area contributed by atoms with Crippen molar-refractivity contribution in [3.8, 4) is 0 Å². The second-order valence-electron chi connectivity index (χ2n) is 4.97. The molecule has 17 heavy (non-hydrogen) atoms. The van der Waals surface area contributed by atoms with Crippen LogP contribution in [-0.2, 0) is 11.2 Å². The zero-order valence-corrected chi connectivity index (χ0v) is 10.6. The van der Waals surface area contributed by atoms with Crippen molar-refractivity contribution in [2.75, 3.05) is 6.61 Å². The first-order valence-electron chi connectivity index (χ1n) is 6.42. The fraction of sp³-hybridized carbons (Fsp3) is 0.533. The molecule has 1 aromatic carbocycles. The summed E-state index contributed by atoms with van der Waals surface area (Å²) in [4.78, 5) is 12.2. The van der Waals surface area contributed by atoms with Gasteiger partial charge in [-0.3, -0.25) is 4.79 Å².